The van der Waals surface area contributed by atoms with Crippen molar-refractivity contribution in [2.45, 2.75) is 26.3 Å². The molecule has 108 valence electrons. The first-order valence-corrected chi connectivity index (χ1v) is 6.83. The highest BCUT2D eigenvalue weighted by molar-refractivity contribution is 5.94. The van der Waals surface area contributed by atoms with Crippen LogP contribution in [0.5, 0.6) is 0 Å². The minimum Gasteiger partial charge on any atom is -0.461 e. The summed E-state index contributed by atoms with van der Waals surface area (Å²) in [6.45, 7) is 3.65. The largest absolute Gasteiger partial charge is 0.461 e. The lowest BCUT2D eigenvalue weighted by molar-refractivity contribution is 0.0938. The van der Waals surface area contributed by atoms with Crippen LogP contribution in [0.15, 0.2) is 45.5 Å². The normalized spacial score (nSPS) is 12.5. The summed E-state index contributed by atoms with van der Waals surface area (Å²) < 4.78 is 10.6. The molecule has 1 amide bonds. The fourth-order valence-electron chi connectivity index (χ4n) is 2.31. The van der Waals surface area contributed by atoms with Gasteiger partial charge in [0.2, 0.25) is 0 Å². The summed E-state index contributed by atoms with van der Waals surface area (Å²) in [5.74, 6) is 1.19. The zero-order chi connectivity index (χ0) is 14.8. The number of benzene rings is 1. The van der Waals surface area contributed by atoms with E-state index in [9.17, 15) is 4.79 Å². The fourth-order valence-corrected chi connectivity index (χ4v) is 2.31. The van der Waals surface area contributed by atoms with Gasteiger partial charge in [-0.05, 0) is 26.0 Å². The van der Waals surface area contributed by atoms with Crippen molar-refractivity contribution < 1.29 is 13.7 Å². The maximum atomic E-state index is 12.1. The van der Waals surface area contributed by atoms with Crippen LogP contribution < -0.4 is 5.32 Å². The van der Waals surface area contributed by atoms with Crippen molar-refractivity contribution in [2.24, 2.45) is 0 Å². The third-order valence-corrected chi connectivity index (χ3v) is 3.36. The van der Waals surface area contributed by atoms with Gasteiger partial charge in [0.15, 0.2) is 0 Å². The van der Waals surface area contributed by atoms with Gasteiger partial charge in [0.25, 0.3) is 5.91 Å². The molecule has 5 heteroatoms. The molecule has 0 saturated carbocycles. The summed E-state index contributed by atoms with van der Waals surface area (Å²) in [7, 11) is 0. The Morgan fingerprint density at radius 1 is 1.38 bits per heavy atom. The number of rotatable bonds is 4. The number of nitrogens with zero attached hydrogens (tertiary/aromatic N) is 1. The highest BCUT2D eigenvalue weighted by Crippen LogP contribution is 2.19. The van der Waals surface area contributed by atoms with Gasteiger partial charge in [-0.15, -0.1) is 0 Å². The maximum Gasteiger partial charge on any atom is 0.256 e. The number of aryl methyl sites for hydroxylation is 1. The monoisotopic (exact) mass is 284 g/mol. The summed E-state index contributed by atoms with van der Waals surface area (Å²) in [5.41, 5.74) is 1.33. The number of hydrogen-bond donors (Lipinski definition) is 1. The van der Waals surface area contributed by atoms with Crippen molar-refractivity contribution in [2.75, 3.05) is 0 Å². The van der Waals surface area contributed by atoms with E-state index in [0.29, 0.717) is 17.7 Å². The molecule has 0 saturated heterocycles. The molecule has 0 radical (unpaired) electrons. The van der Waals surface area contributed by atoms with E-state index in [4.69, 9.17) is 8.94 Å². The van der Waals surface area contributed by atoms with E-state index in [-0.39, 0.29) is 11.9 Å². The number of para-hydroxylation sites is 1. The zero-order valence-corrected chi connectivity index (χ0v) is 11.9. The van der Waals surface area contributed by atoms with Gasteiger partial charge < -0.3 is 14.3 Å². The van der Waals surface area contributed by atoms with Gasteiger partial charge in [-0.1, -0.05) is 23.4 Å². The number of furan rings is 1. The average Bonchev–Trinajstić information content (AvgIpc) is 3.03. The highest BCUT2D eigenvalue weighted by Gasteiger charge is 2.16. The molecule has 0 aliphatic heterocycles. The summed E-state index contributed by atoms with van der Waals surface area (Å²) in [6, 6.07) is 9.81. The molecule has 2 heterocycles. The first-order valence-electron chi connectivity index (χ1n) is 6.83. The van der Waals surface area contributed by atoms with E-state index in [0.717, 1.165) is 16.7 Å². The number of carbonyl (C=O) groups excluding carboxylic acids is 1. The van der Waals surface area contributed by atoms with E-state index in [1.807, 2.05) is 37.3 Å². The second-order valence-corrected chi connectivity index (χ2v) is 5.12. The third kappa shape index (κ3) is 2.81. The predicted molar refractivity (Wildman–Crippen MR) is 78.1 cm³/mol. The molecule has 0 aliphatic carbocycles. The van der Waals surface area contributed by atoms with Crippen LogP contribution in [0.2, 0.25) is 0 Å². The van der Waals surface area contributed by atoms with Crippen molar-refractivity contribution in [3.63, 3.8) is 0 Å². The minimum absolute atomic E-state index is 0.0487. The van der Waals surface area contributed by atoms with Gasteiger partial charge in [-0.3, -0.25) is 4.79 Å². The number of nitrogens with one attached hydrogen (secondary N) is 1. The highest BCUT2D eigenvalue weighted by atomic mass is 16.5. The molecule has 5 nitrogen and oxygen atoms in total. The lowest BCUT2D eigenvalue weighted by atomic mass is 10.1. The van der Waals surface area contributed by atoms with Gasteiger partial charge in [-0.2, -0.15) is 0 Å². The second-order valence-electron chi connectivity index (χ2n) is 5.12. The SMILES string of the molecule is Cc1oncc1C(=O)N[C@@H](C)Cc1cc2ccccc2o1. The van der Waals surface area contributed by atoms with Crippen molar-refractivity contribution in [1.82, 2.24) is 10.5 Å². The molecule has 3 rings (SSSR count). The number of carbonyl (C=O) groups is 1. The molecular formula is C16H16N2O3. The van der Waals surface area contributed by atoms with E-state index in [2.05, 4.69) is 10.5 Å². The Morgan fingerprint density at radius 3 is 2.90 bits per heavy atom. The standard InChI is InChI=1S/C16H16N2O3/c1-10(18-16(19)14-9-17-21-11(14)2)7-13-8-12-5-3-4-6-15(12)20-13/h3-6,8-10H,7H2,1-2H3,(H,18,19)/t10-/m0/s1. The average molecular weight is 284 g/mol. The molecule has 0 unspecified atom stereocenters. The molecule has 0 bridgehead atoms. The lowest BCUT2D eigenvalue weighted by Gasteiger charge is -2.11. The van der Waals surface area contributed by atoms with Crippen molar-refractivity contribution in [3.05, 3.63) is 53.6 Å². The number of hydrogen-bond acceptors (Lipinski definition) is 4. The minimum atomic E-state index is -0.183. The van der Waals surface area contributed by atoms with Crippen LogP contribution >= 0.6 is 0 Å². The smallest absolute Gasteiger partial charge is 0.256 e. The summed E-state index contributed by atoms with van der Waals surface area (Å²) >= 11 is 0. The Hall–Kier alpha value is -2.56. The summed E-state index contributed by atoms with van der Waals surface area (Å²) in [6.07, 6.45) is 2.06. The third-order valence-electron chi connectivity index (χ3n) is 3.36. The summed E-state index contributed by atoms with van der Waals surface area (Å²) in [5, 5.41) is 7.60. The zero-order valence-electron chi connectivity index (χ0n) is 11.9. The van der Waals surface area contributed by atoms with Crippen molar-refractivity contribution in [1.29, 1.82) is 0 Å². The molecule has 1 N–H and O–H groups in total. The van der Waals surface area contributed by atoms with Gasteiger partial charge in [-0.25, -0.2) is 0 Å². The number of amides is 1. The lowest BCUT2D eigenvalue weighted by Crippen LogP contribution is -2.34. The molecule has 1 aromatic carbocycles. The van der Waals surface area contributed by atoms with Crippen molar-refractivity contribution in [3.8, 4) is 0 Å². The van der Waals surface area contributed by atoms with Crippen LogP contribution in [0.25, 0.3) is 11.0 Å². The van der Waals surface area contributed by atoms with E-state index >= 15 is 0 Å². The van der Waals surface area contributed by atoms with E-state index in [1.165, 1.54) is 6.20 Å². The van der Waals surface area contributed by atoms with Crippen molar-refractivity contribution >= 4 is 16.9 Å². The van der Waals surface area contributed by atoms with Gasteiger partial charge in [0.05, 0.1) is 6.20 Å². The van der Waals surface area contributed by atoms with Crippen LogP contribution in [0.3, 0.4) is 0 Å². The van der Waals surface area contributed by atoms with Gasteiger partial charge in [0, 0.05) is 17.8 Å². The molecule has 21 heavy (non-hydrogen) atoms. The topological polar surface area (TPSA) is 68.3 Å². The van der Waals surface area contributed by atoms with E-state index in [1.54, 1.807) is 6.92 Å². The molecule has 1 atom stereocenters. The fraction of sp³-hybridized carbons (Fsp3) is 0.250. The van der Waals surface area contributed by atoms with Crippen LogP contribution in [0, 0.1) is 6.92 Å². The Kier molecular flexibility index (Phi) is 3.48. The van der Waals surface area contributed by atoms with Gasteiger partial charge >= 0.3 is 0 Å². The van der Waals surface area contributed by atoms with Crippen LogP contribution in [0.1, 0.15) is 28.8 Å². The second kappa shape index (κ2) is 5.44. The van der Waals surface area contributed by atoms with E-state index < -0.39 is 0 Å². The summed E-state index contributed by atoms with van der Waals surface area (Å²) in [4.78, 5) is 12.1. The maximum absolute atomic E-state index is 12.1. The van der Waals surface area contributed by atoms with Gasteiger partial charge in [0.1, 0.15) is 22.7 Å². The van der Waals surface area contributed by atoms with Crippen LogP contribution in [-0.4, -0.2) is 17.1 Å². The Balaban J connectivity index is 1.67. The predicted octanol–water partition coefficient (Wildman–Crippen LogP) is 3.09. The molecule has 0 aliphatic rings. The molecule has 2 aromatic heterocycles. The Labute approximate surface area is 121 Å². The number of aromatic nitrogens is 1. The van der Waals surface area contributed by atoms with Crippen LogP contribution in [-0.2, 0) is 6.42 Å². The molecule has 3 aromatic rings. The van der Waals surface area contributed by atoms with Crippen LogP contribution in [0.4, 0.5) is 0 Å². The molecular weight excluding hydrogens is 268 g/mol. The Bertz CT molecular complexity index is 740. The first-order chi connectivity index (χ1) is 10.1. The first kappa shape index (κ1) is 13.4. The molecule has 0 spiro atoms. The Morgan fingerprint density at radius 2 is 2.19 bits per heavy atom. The number of fused-ring (bicyclic) bond motifs is 1. The quantitative estimate of drug-likeness (QED) is 0.799. The molecule has 0 fully saturated rings.